The number of carbonyl (C=O) groups is 3. The average Bonchev–Trinajstić information content (AvgIpc) is 2.95. The number of benzene rings is 2. The van der Waals surface area contributed by atoms with Gasteiger partial charge in [-0.2, -0.15) is 0 Å². The van der Waals surface area contributed by atoms with Crippen molar-refractivity contribution in [1.82, 2.24) is 5.32 Å². The number of hydrogen-bond acceptors (Lipinski definition) is 6. The van der Waals surface area contributed by atoms with Crippen LogP contribution in [0, 0.1) is 0 Å². The summed E-state index contributed by atoms with van der Waals surface area (Å²) >= 11 is 0. The van der Waals surface area contributed by atoms with Gasteiger partial charge in [0.05, 0.1) is 28.9 Å². The molecule has 3 rings (SSSR count). The molecular weight excluding hydrogens is 384 g/mol. The summed E-state index contributed by atoms with van der Waals surface area (Å²) in [5.41, 5.74) is 0.824. The van der Waals surface area contributed by atoms with E-state index in [1.807, 2.05) is 0 Å². The van der Waals surface area contributed by atoms with Crippen LogP contribution in [0.1, 0.15) is 33.6 Å². The Morgan fingerprint density at radius 1 is 1.04 bits per heavy atom. The maximum Gasteiger partial charge on any atom is 0.259 e. The van der Waals surface area contributed by atoms with E-state index in [1.165, 1.54) is 37.4 Å². The molecule has 0 radical (unpaired) electrons. The monoisotopic (exact) mass is 402 g/mol. The van der Waals surface area contributed by atoms with Crippen LogP contribution in [0.5, 0.6) is 5.75 Å². The molecule has 28 heavy (non-hydrogen) atoms. The van der Waals surface area contributed by atoms with Gasteiger partial charge in [0.1, 0.15) is 5.75 Å². The molecule has 0 fully saturated rings. The van der Waals surface area contributed by atoms with Crippen molar-refractivity contribution >= 4 is 33.2 Å². The molecule has 0 atom stereocenters. The van der Waals surface area contributed by atoms with Gasteiger partial charge in [-0.25, -0.2) is 8.42 Å². The summed E-state index contributed by atoms with van der Waals surface area (Å²) in [4.78, 5) is 35.4. The third-order valence-corrected chi connectivity index (χ3v) is 6.07. The highest BCUT2D eigenvalue weighted by molar-refractivity contribution is 7.91. The number of anilines is 1. The number of imide groups is 1. The molecular formula is C19H18N2O6S. The van der Waals surface area contributed by atoms with Gasteiger partial charge in [-0.15, -0.1) is 0 Å². The lowest BCUT2D eigenvalue weighted by Crippen LogP contribution is -2.19. The van der Waals surface area contributed by atoms with Crippen molar-refractivity contribution in [2.75, 3.05) is 18.2 Å². The molecule has 0 aliphatic carbocycles. The summed E-state index contributed by atoms with van der Waals surface area (Å²) < 4.78 is 29.6. The first-order valence-corrected chi connectivity index (χ1v) is 10.1. The van der Waals surface area contributed by atoms with Crippen LogP contribution in [0.2, 0.25) is 0 Å². The molecule has 0 bridgehead atoms. The predicted octanol–water partition coefficient (Wildman–Crippen LogP) is 1.77. The van der Waals surface area contributed by atoms with Crippen LogP contribution in [-0.4, -0.2) is 39.0 Å². The zero-order valence-electron chi connectivity index (χ0n) is 15.0. The zero-order chi connectivity index (χ0) is 20.3. The molecule has 0 saturated heterocycles. The first kappa shape index (κ1) is 19.6. The lowest BCUT2D eigenvalue weighted by Gasteiger charge is -2.07. The number of nitrogens with one attached hydrogen (secondary N) is 2. The highest BCUT2D eigenvalue weighted by Crippen LogP contribution is 2.21. The van der Waals surface area contributed by atoms with Crippen molar-refractivity contribution < 1.29 is 27.5 Å². The van der Waals surface area contributed by atoms with Gasteiger partial charge < -0.3 is 10.1 Å². The number of ether oxygens (including phenoxy) is 1. The Kier molecular flexibility index (Phi) is 5.46. The molecule has 1 heterocycles. The summed E-state index contributed by atoms with van der Waals surface area (Å²) in [6.45, 7) is 0. The quantitative estimate of drug-likeness (QED) is 0.682. The number of fused-ring (bicyclic) bond motifs is 1. The molecule has 1 aliphatic rings. The van der Waals surface area contributed by atoms with Crippen LogP contribution in [0.15, 0.2) is 47.4 Å². The molecule has 146 valence electrons. The number of carbonyl (C=O) groups excluding carboxylic acids is 3. The molecule has 2 N–H and O–H groups in total. The topological polar surface area (TPSA) is 119 Å². The van der Waals surface area contributed by atoms with Gasteiger partial charge in [0.15, 0.2) is 9.84 Å². The summed E-state index contributed by atoms with van der Waals surface area (Å²) in [6, 6.07) is 10.4. The number of rotatable bonds is 7. The van der Waals surface area contributed by atoms with E-state index in [4.69, 9.17) is 4.74 Å². The Hall–Kier alpha value is -3.20. The number of methoxy groups -OCH3 is 1. The maximum atomic E-state index is 12.3. The second-order valence-electron chi connectivity index (χ2n) is 6.19. The highest BCUT2D eigenvalue weighted by atomic mass is 32.2. The minimum absolute atomic E-state index is 0.00238. The van der Waals surface area contributed by atoms with Crippen molar-refractivity contribution in [3.05, 3.63) is 53.6 Å². The highest BCUT2D eigenvalue weighted by Gasteiger charge is 2.26. The zero-order valence-corrected chi connectivity index (χ0v) is 15.8. The molecule has 0 spiro atoms. The largest absolute Gasteiger partial charge is 0.497 e. The Balaban J connectivity index is 1.55. The van der Waals surface area contributed by atoms with Gasteiger partial charge in [-0.1, -0.05) is 0 Å². The fourth-order valence-electron chi connectivity index (χ4n) is 2.79. The van der Waals surface area contributed by atoms with Crippen molar-refractivity contribution in [3.63, 3.8) is 0 Å². The first-order chi connectivity index (χ1) is 13.3. The van der Waals surface area contributed by atoms with Crippen molar-refractivity contribution in [3.8, 4) is 5.75 Å². The number of hydrogen-bond donors (Lipinski definition) is 2. The van der Waals surface area contributed by atoms with Gasteiger partial charge >= 0.3 is 0 Å². The summed E-state index contributed by atoms with van der Waals surface area (Å²) in [7, 11) is -2.01. The number of amides is 3. The predicted molar refractivity (Wildman–Crippen MR) is 101 cm³/mol. The van der Waals surface area contributed by atoms with E-state index in [-0.39, 0.29) is 40.5 Å². The van der Waals surface area contributed by atoms with E-state index in [0.717, 1.165) is 0 Å². The van der Waals surface area contributed by atoms with Crippen molar-refractivity contribution in [2.45, 2.75) is 17.7 Å². The first-order valence-electron chi connectivity index (χ1n) is 8.46. The van der Waals surface area contributed by atoms with Crippen molar-refractivity contribution in [1.29, 1.82) is 0 Å². The van der Waals surface area contributed by atoms with Gasteiger partial charge in [0, 0.05) is 12.1 Å². The second kappa shape index (κ2) is 7.81. The Labute approximate surface area is 161 Å². The van der Waals surface area contributed by atoms with E-state index >= 15 is 0 Å². The lowest BCUT2D eigenvalue weighted by molar-refractivity contribution is -0.116. The average molecular weight is 402 g/mol. The normalized spacial score (nSPS) is 13.0. The van der Waals surface area contributed by atoms with Crippen LogP contribution in [0.25, 0.3) is 0 Å². The van der Waals surface area contributed by atoms with E-state index < -0.39 is 21.7 Å². The SMILES string of the molecule is COc1ccc(S(=O)(=O)CCCC(=O)Nc2ccc3c(c2)C(=O)NC3=O)cc1. The maximum absolute atomic E-state index is 12.3. The molecule has 2 aromatic rings. The Bertz CT molecular complexity index is 1040. The Morgan fingerprint density at radius 3 is 2.39 bits per heavy atom. The summed E-state index contributed by atoms with van der Waals surface area (Å²) in [6.07, 6.45) is 0.141. The molecule has 2 aromatic carbocycles. The molecule has 9 heteroatoms. The molecule has 8 nitrogen and oxygen atoms in total. The van der Waals surface area contributed by atoms with E-state index in [2.05, 4.69) is 10.6 Å². The van der Waals surface area contributed by atoms with Gasteiger partial charge in [-0.3, -0.25) is 19.7 Å². The summed E-state index contributed by atoms with van der Waals surface area (Å²) in [5, 5.41) is 4.78. The molecule has 0 unspecified atom stereocenters. The third kappa shape index (κ3) is 4.20. The molecule has 3 amide bonds. The van der Waals surface area contributed by atoms with E-state index in [1.54, 1.807) is 12.1 Å². The Morgan fingerprint density at radius 2 is 1.71 bits per heavy atom. The van der Waals surface area contributed by atoms with E-state index in [0.29, 0.717) is 11.4 Å². The van der Waals surface area contributed by atoms with Gasteiger partial charge in [0.25, 0.3) is 11.8 Å². The fourth-order valence-corrected chi connectivity index (χ4v) is 4.10. The van der Waals surface area contributed by atoms with E-state index in [9.17, 15) is 22.8 Å². The fraction of sp³-hybridized carbons (Fsp3) is 0.211. The lowest BCUT2D eigenvalue weighted by atomic mass is 10.1. The van der Waals surface area contributed by atoms with Crippen LogP contribution in [0.3, 0.4) is 0 Å². The molecule has 0 saturated carbocycles. The van der Waals surface area contributed by atoms with Crippen LogP contribution in [-0.2, 0) is 14.6 Å². The minimum atomic E-state index is -3.50. The minimum Gasteiger partial charge on any atom is -0.497 e. The van der Waals surface area contributed by atoms with Gasteiger partial charge in [0.2, 0.25) is 5.91 Å². The standard InChI is InChI=1S/C19H18N2O6S/c1-27-13-5-7-14(8-6-13)28(25,26)10-2-3-17(22)20-12-4-9-15-16(11-12)19(24)21-18(15)23/h4-9,11H,2-3,10H2,1H3,(H,20,22)(H,21,23,24). The van der Waals surface area contributed by atoms with Crippen molar-refractivity contribution in [2.24, 2.45) is 0 Å². The molecule has 0 aromatic heterocycles. The third-order valence-electron chi connectivity index (χ3n) is 4.26. The van der Waals surface area contributed by atoms with Crippen LogP contribution < -0.4 is 15.4 Å². The van der Waals surface area contributed by atoms with Crippen LogP contribution in [0.4, 0.5) is 5.69 Å². The van der Waals surface area contributed by atoms with Gasteiger partial charge in [-0.05, 0) is 48.9 Å². The second-order valence-corrected chi connectivity index (χ2v) is 8.30. The summed E-state index contributed by atoms with van der Waals surface area (Å²) in [5.74, 6) is -0.977. The number of sulfone groups is 1. The van der Waals surface area contributed by atoms with Crippen LogP contribution >= 0.6 is 0 Å². The smallest absolute Gasteiger partial charge is 0.259 e. The molecule has 1 aliphatic heterocycles.